The lowest BCUT2D eigenvalue weighted by molar-refractivity contribution is -0.137. The van der Waals surface area contributed by atoms with Crippen LogP contribution < -0.4 is 0 Å². The minimum Gasteiger partial charge on any atom is -0.300 e. The normalized spacial score (nSPS) is 18.0. The van der Waals surface area contributed by atoms with Gasteiger partial charge in [0.2, 0.25) is 0 Å². The van der Waals surface area contributed by atoms with Gasteiger partial charge in [-0.1, -0.05) is 36.4 Å². The minimum absolute atomic E-state index is 0.220. The van der Waals surface area contributed by atoms with E-state index in [1.54, 1.807) is 12.1 Å². The minimum atomic E-state index is -4.42. The van der Waals surface area contributed by atoms with Crippen LogP contribution in [0.1, 0.15) is 52.7 Å². The lowest BCUT2D eigenvalue weighted by atomic mass is 9.82. The highest BCUT2D eigenvalue weighted by Crippen LogP contribution is 2.30. The van der Waals surface area contributed by atoms with Gasteiger partial charge in [-0.2, -0.15) is 13.2 Å². The van der Waals surface area contributed by atoms with Gasteiger partial charge in [-0.25, -0.2) is 0 Å². The van der Waals surface area contributed by atoms with E-state index in [2.05, 4.69) is 0 Å². The quantitative estimate of drug-likeness (QED) is 0.699. The van der Waals surface area contributed by atoms with Crippen LogP contribution in [0.3, 0.4) is 0 Å². The van der Waals surface area contributed by atoms with E-state index in [1.165, 1.54) is 12.1 Å². The van der Waals surface area contributed by atoms with Crippen molar-refractivity contribution in [3.8, 4) is 0 Å². The molecular weight excluding hydrogens is 341 g/mol. The Morgan fingerprint density at radius 2 is 1.73 bits per heavy atom. The third-order valence-electron chi connectivity index (χ3n) is 4.83. The molecule has 2 aromatic carbocycles. The lowest BCUT2D eigenvalue weighted by Gasteiger charge is -2.21. The molecule has 0 radical (unpaired) electrons. The topological polar surface area (TPSA) is 34.1 Å². The van der Waals surface area contributed by atoms with Gasteiger partial charge in [0.25, 0.3) is 0 Å². The maximum atomic E-state index is 12.8. The van der Waals surface area contributed by atoms with E-state index in [0.717, 1.165) is 30.5 Å². The first-order chi connectivity index (χ1) is 12.3. The third kappa shape index (κ3) is 4.21. The van der Waals surface area contributed by atoms with E-state index < -0.39 is 11.7 Å². The van der Waals surface area contributed by atoms with Crippen molar-refractivity contribution in [1.29, 1.82) is 0 Å². The van der Waals surface area contributed by atoms with E-state index in [1.807, 2.05) is 12.1 Å². The molecule has 0 spiro atoms. The number of carbonyl (C=O) groups is 2. The van der Waals surface area contributed by atoms with Crippen LogP contribution in [0, 0.1) is 5.92 Å². The number of carbonyl (C=O) groups excluding carboxylic acids is 2. The SMILES string of the molecule is O=C1CCC[C@@H](Cc2ccccc2C(=O)c2ccc(C(F)(F)F)cc2)C1. The Morgan fingerprint density at radius 3 is 2.38 bits per heavy atom. The Hall–Kier alpha value is -2.43. The van der Waals surface area contributed by atoms with E-state index in [-0.39, 0.29) is 23.0 Å². The van der Waals surface area contributed by atoms with Gasteiger partial charge < -0.3 is 0 Å². The fourth-order valence-electron chi connectivity index (χ4n) is 3.49. The van der Waals surface area contributed by atoms with Crippen molar-refractivity contribution < 1.29 is 22.8 Å². The largest absolute Gasteiger partial charge is 0.416 e. The van der Waals surface area contributed by atoms with Gasteiger partial charge in [-0.05, 0) is 42.9 Å². The number of alkyl halides is 3. The predicted octanol–water partition coefficient (Wildman–Crippen LogP) is 5.24. The van der Waals surface area contributed by atoms with Gasteiger partial charge >= 0.3 is 6.18 Å². The summed E-state index contributed by atoms with van der Waals surface area (Å²) >= 11 is 0. The molecule has 0 amide bonds. The Labute approximate surface area is 150 Å². The Bertz CT molecular complexity index is 807. The molecule has 0 saturated heterocycles. The van der Waals surface area contributed by atoms with Crippen LogP contribution in [0.15, 0.2) is 48.5 Å². The molecule has 1 aliphatic rings. The molecule has 0 aliphatic heterocycles. The number of benzene rings is 2. The summed E-state index contributed by atoms with van der Waals surface area (Å²) in [6.07, 6.45) is -0.806. The number of ketones is 2. The van der Waals surface area contributed by atoms with Gasteiger partial charge in [0.15, 0.2) is 5.78 Å². The predicted molar refractivity (Wildman–Crippen MR) is 92.0 cm³/mol. The van der Waals surface area contributed by atoms with Crippen LogP contribution in [-0.4, -0.2) is 11.6 Å². The smallest absolute Gasteiger partial charge is 0.300 e. The zero-order chi connectivity index (χ0) is 18.7. The molecule has 1 saturated carbocycles. The maximum Gasteiger partial charge on any atom is 0.416 e. The molecule has 5 heteroatoms. The molecule has 1 fully saturated rings. The molecule has 136 valence electrons. The summed E-state index contributed by atoms with van der Waals surface area (Å²) < 4.78 is 38.1. The zero-order valence-electron chi connectivity index (χ0n) is 14.2. The fourth-order valence-corrected chi connectivity index (χ4v) is 3.49. The van der Waals surface area contributed by atoms with Crippen molar-refractivity contribution in [3.05, 3.63) is 70.8 Å². The summed E-state index contributed by atoms with van der Waals surface area (Å²) in [5.74, 6) is 0.182. The molecule has 0 unspecified atom stereocenters. The summed E-state index contributed by atoms with van der Waals surface area (Å²) in [5.41, 5.74) is 0.788. The maximum absolute atomic E-state index is 12.8. The Balaban J connectivity index is 1.82. The average Bonchev–Trinajstić information content (AvgIpc) is 2.61. The molecule has 3 rings (SSSR count). The summed E-state index contributed by atoms with van der Waals surface area (Å²) in [6.45, 7) is 0. The highest BCUT2D eigenvalue weighted by Gasteiger charge is 2.30. The molecule has 1 atom stereocenters. The first-order valence-electron chi connectivity index (χ1n) is 8.66. The van der Waals surface area contributed by atoms with Crippen molar-refractivity contribution in [2.24, 2.45) is 5.92 Å². The van der Waals surface area contributed by atoms with E-state index in [4.69, 9.17) is 0 Å². The molecule has 2 aromatic rings. The van der Waals surface area contributed by atoms with E-state index in [9.17, 15) is 22.8 Å². The second-order valence-electron chi connectivity index (χ2n) is 6.77. The number of rotatable bonds is 4. The van der Waals surface area contributed by atoms with Crippen LogP contribution in [0.5, 0.6) is 0 Å². The van der Waals surface area contributed by atoms with Crippen LogP contribution in [-0.2, 0) is 17.4 Å². The average molecular weight is 360 g/mol. The summed E-state index contributed by atoms with van der Waals surface area (Å²) in [7, 11) is 0. The van der Waals surface area contributed by atoms with Crippen molar-refractivity contribution in [2.75, 3.05) is 0 Å². The van der Waals surface area contributed by atoms with Gasteiger partial charge in [0.1, 0.15) is 5.78 Å². The van der Waals surface area contributed by atoms with E-state index >= 15 is 0 Å². The molecule has 0 N–H and O–H groups in total. The zero-order valence-corrected chi connectivity index (χ0v) is 14.2. The third-order valence-corrected chi connectivity index (χ3v) is 4.83. The molecular formula is C21H19F3O2. The van der Waals surface area contributed by atoms with Gasteiger partial charge in [0, 0.05) is 24.0 Å². The molecule has 0 bridgehead atoms. The fraction of sp³-hybridized carbons (Fsp3) is 0.333. The first-order valence-corrected chi connectivity index (χ1v) is 8.66. The highest BCUT2D eigenvalue weighted by molar-refractivity contribution is 6.09. The van der Waals surface area contributed by atoms with Crippen LogP contribution >= 0.6 is 0 Å². The van der Waals surface area contributed by atoms with Gasteiger partial charge in [0.05, 0.1) is 5.56 Å². The van der Waals surface area contributed by atoms with Crippen molar-refractivity contribution in [2.45, 2.75) is 38.3 Å². The van der Waals surface area contributed by atoms with Crippen molar-refractivity contribution in [3.63, 3.8) is 0 Å². The number of halogens is 3. The van der Waals surface area contributed by atoms with Crippen LogP contribution in [0.4, 0.5) is 13.2 Å². The number of hydrogen-bond acceptors (Lipinski definition) is 2. The second kappa shape index (κ2) is 7.44. The van der Waals surface area contributed by atoms with Crippen molar-refractivity contribution in [1.82, 2.24) is 0 Å². The Morgan fingerprint density at radius 1 is 1.04 bits per heavy atom. The summed E-state index contributed by atoms with van der Waals surface area (Å²) in [5, 5.41) is 0. The van der Waals surface area contributed by atoms with Gasteiger partial charge in [-0.3, -0.25) is 9.59 Å². The molecule has 0 aromatic heterocycles. The molecule has 2 nitrogen and oxygen atoms in total. The summed E-state index contributed by atoms with van der Waals surface area (Å²) in [6, 6.07) is 11.4. The monoisotopic (exact) mass is 360 g/mol. The molecule has 0 heterocycles. The highest BCUT2D eigenvalue weighted by atomic mass is 19.4. The molecule has 26 heavy (non-hydrogen) atoms. The lowest BCUT2D eigenvalue weighted by Crippen LogP contribution is -2.18. The second-order valence-corrected chi connectivity index (χ2v) is 6.77. The standard InChI is InChI=1S/C21H19F3O2/c22-21(23,24)17-10-8-15(9-11-17)20(26)19-7-2-1-5-16(19)12-14-4-3-6-18(25)13-14/h1-2,5,7-11,14H,3-4,6,12-13H2/t14-/m0/s1. The molecule has 1 aliphatic carbocycles. The van der Waals surface area contributed by atoms with E-state index in [0.29, 0.717) is 24.8 Å². The first kappa shape index (κ1) is 18.4. The number of hydrogen-bond donors (Lipinski definition) is 0. The number of Topliss-reactive ketones (excluding diaryl/α,β-unsaturated/α-hetero) is 1. The van der Waals surface area contributed by atoms with Crippen LogP contribution in [0.2, 0.25) is 0 Å². The Kier molecular flexibility index (Phi) is 5.25. The van der Waals surface area contributed by atoms with Gasteiger partial charge in [-0.15, -0.1) is 0 Å². The van der Waals surface area contributed by atoms with Crippen molar-refractivity contribution >= 4 is 11.6 Å². The summed E-state index contributed by atoms with van der Waals surface area (Å²) in [4.78, 5) is 24.4. The van der Waals surface area contributed by atoms with Crippen LogP contribution in [0.25, 0.3) is 0 Å².